The Labute approximate surface area is 184 Å². The molecule has 31 heavy (non-hydrogen) atoms. The second-order valence-electron chi connectivity index (χ2n) is 7.17. The summed E-state index contributed by atoms with van der Waals surface area (Å²) in [5.41, 5.74) is 0.539. The molecule has 164 valence electrons. The van der Waals surface area contributed by atoms with Crippen LogP contribution in [-0.2, 0) is 21.9 Å². The first-order valence-electron chi connectivity index (χ1n) is 9.91. The number of carbonyl (C=O) groups excluding carboxylic acids is 1. The van der Waals surface area contributed by atoms with Gasteiger partial charge < -0.3 is 14.3 Å². The number of amides is 1. The third-order valence-electron chi connectivity index (χ3n) is 5.00. The molecule has 2 aromatic heterocycles. The third kappa shape index (κ3) is 4.83. The predicted octanol–water partition coefficient (Wildman–Crippen LogP) is 2.98. The van der Waals surface area contributed by atoms with Crippen LogP contribution in [0.25, 0.3) is 11.6 Å². The van der Waals surface area contributed by atoms with Gasteiger partial charge in [0, 0.05) is 25.8 Å². The van der Waals surface area contributed by atoms with Gasteiger partial charge in [0.1, 0.15) is 0 Å². The molecule has 1 aromatic carbocycles. The lowest BCUT2D eigenvalue weighted by Crippen LogP contribution is -2.35. The number of thioether (sulfide) groups is 1. The molecule has 11 heteroatoms. The van der Waals surface area contributed by atoms with Crippen molar-refractivity contribution < 1.29 is 17.6 Å². The van der Waals surface area contributed by atoms with E-state index in [1.54, 1.807) is 42.1 Å². The molecular formula is C20H23N5O4S2. The van der Waals surface area contributed by atoms with Crippen molar-refractivity contribution in [1.82, 2.24) is 19.1 Å². The molecule has 3 aromatic rings. The van der Waals surface area contributed by atoms with Gasteiger partial charge in [-0.2, -0.15) is 4.31 Å². The molecule has 0 radical (unpaired) electrons. The molecule has 0 bridgehead atoms. The fourth-order valence-electron chi connectivity index (χ4n) is 3.35. The maximum atomic E-state index is 12.7. The minimum Gasteiger partial charge on any atom is -0.461 e. The molecule has 9 nitrogen and oxygen atoms in total. The third-order valence-corrected chi connectivity index (χ3v) is 7.93. The van der Waals surface area contributed by atoms with E-state index in [0.29, 0.717) is 35.5 Å². The van der Waals surface area contributed by atoms with Crippen LogP contribution in [0.2, 0.25) is 0 Å². The fraction of sp³-hybridized carbons (Fsp3) is 0.350. The van der Waals surface area contributed by atoms with Gasteiger partial charge in [0.25, 0.3) is 0 Å². The molecule has 1 N–H and O–H groups in total. The number of furan rings is 1. The Morgan fingerprint density at radius 2 is 1.87 bits per heavy atom. The highest BCUT2D eigenvalue weighted by atomic mass is 32.2. The van der Waals surface area contributed by atoms with Crippen LogP contribution in [0.15, 0.2) is 57.1 Å². The summed E-state index contributed by atoms with van der Waals surface area (Å²) >= 11 is 1.25. The Morgan fingerprint density at radius 1 is 1.13 bits per heavy atom. The average Bonchev–Trinajstić information content (AvgIpc) is 3.43. The molecule has 1 amide bonds. The summed E-state index contributed by atoms with van der Waals surface area (Å²) in [6.45, 7) is 1.11. The zero-order valence-electron chi connectivity index (χ0n) is 17.0. The van der Waals surface area contributed by atoms with E-state index < -0.39 is 10.0 Å². The second-order valence-corrected chi connectivity index (χ2v) is 10.0. The monoisotopic (exact) mass is 461 g/mol. The van der Waals surface area contributed by atoms with Crippen molar-refractivity contribution in [3.05, 3.63) is 42.7 Å². The number of hydrogen-bond donors (Lipinski definition) is 1. The summed E-state index contributed by atoms with van der Waals surface area (Å²) in [5.74, 6) is 1.10. The Bertz CT molecular complexity index is 1130. The van der Waals surface area contributed by atoms with Crippen molar-refractivity contribution in [2.24, 2.45) is 7.05 Å². The van der Waals surface area contributed by atoms with E-state index >= 15 is 0 Å². The summed E-state index contributed by atoms with van der Waals surface area (Å²) in [7, 11) is -1.68. The van der Waals surface area contributed by atoms with Crippen molar-refractivity contribution >= 4 is 33.4 Å². The summed E-state index contributed by atoms with van der Waals surface area (Å²) in [4.78, 5) is 12.6. The molecule has 1 fully saturated rings. The van der Waals surface area contributed by atoms with Crippen LogP contribution in [0.5, 0.6) is 0 Å². The van der Waals surface area contributed by atoms with Crippen molar-refractivity contribution in [2.75, 3.05) is 24.2 Å². The van der Waals surface area contributed by atoms with E-state index in [-0.39, 0.29) is 16.6 Å². The number of anilines is 1. The first kappa shape index (κ1) is 21.6. The van der Waals surface area contributed by atoms with E-state index in [0.717, 1.165) is 19.3 Å². The molecule has 0 unspecified atom stereocenters. The first-order chi connectivity index (χ1) is 14.9. The molecule has 1 aliphatic rings. The van der Waals surface area contributed by atoms with E-state index in [9.17, 15) is 13.2 Å². The number of nitrogens with one attached hydrogen (secondary N) is 1. The van der Waals surface area contributed by atoms with Gasteiger partial charge in [-0.3, -0.25) is 4.79 Å². The van der Waals surface area contributed by atoms with Gasteiger partial charge in [-0.05, 0) is 49.2 Å². The van der Waals surface area contributed by atoms with Crippen LogP contribution in [-0.4, -0.2) is 52.2 Å². The Kier molecular flexibility index (Phi) is 6.44. The first-order valence-corrected chi connectivity index (χ1v) is 12.3. The molecule has 0 saturated carbocycles. The zero-order valence-corrected chi connectivity index (χ0v) is 18.7. The van der Waals surface area contributed by atoms with Gasteiger partial charge in [-0.25, -0.2) is 8.42 Å². The minimum atomic E-state index is -3.48. The van der Waals surface area contributed by atoms with Crippen LogP contribution in [0.4, 0.5) is 5.69 Å². The number of rotatable bonds is 7. The normalized spacial score (nSPS) is 15.1. The van der Waals surface area contributed by atoms with E-state index in [2.05, 4.69) is 15.5 Å². The average molecular weight is 462 g/mol. The second kappa shape index (κ2) is 9.25. The summed E-state index contributed by atoms with van der Waals surface area (Å²) in [5, 5.41) is 11.6. The molecule has 3 heterocycles. The quantitative estimate of drug-likeness (QED) is 0.539. The highest BCUT2D eigenvalue weighted by molar-refractivity contribution is 7.99. The number of piperidine rings is 1. The largest absolute Gasteiger partial charge is 0.461 e. The summed E-state index contributed by atoms with van der Waals surface area (Å²) < 4.78 is 34.0. The smallest absolute Gasteiger partial charge is 0.243 e. The molecule has 4 rings (SSSR count). The summed E-state index contributed by atoms with van der Waals surface area (Å²) in [6, 6.07) is 9.84. The standard InChI is InChI=1S/C20H23N5O4S2/c1-24-19(17-6-5-13-29-17)22-23-20(24)30-14-18(26)21-15-7-9-16(10-8-15)31(27,28)25-11-3-2-4-12-25/h5-10,13H,2-4,11-12,14H2,1H3,(H,21,26). The van der Waals surface area contributed by atoms with E-state index in [4.69, 9.17) is 4.42 Å². The molecular weight excluding hydrogens is 438 g/mol. The van der Waals surface area contributed by atoms with Crippen LogP contribution in [0, 0.1) is 0 Å². The van der Waals surface area contributed by atoms with Crippen molar-refractivity contribution in [2.45, 2.75) is 29.3 Å². The number of hydrogen-bond acceptors (Lipinski definition) is 7. The van der Waals surface area contributed by atoms with Crippen LogP contribution >= 0.6 is 11.8 Å². The molecule has 0 spiro atoms. The van der Waals surface area contributed by atoms with Gasteiger partial charge in [0.15, 0.2) is 16.7 Å². The van der Waals surface area contributed by atoms with Gasteiger partial charge in [-0.15, -0.1) is 10.2 Å². The van der Waals surface area contributed by atoms with Crippen LogP contribution < -0.4 is 5.32 Å². The van der Waals surface area contributed by atoms with Crippen LogP contribution in [0.3, 0.4) is 0 Å². The lowest BCUT2D eigenvalue weighted by Gasteiger charge is -2.25. The van der Waals surface area contributed by atoms with E-state index in [1.807, 2.05) is 0 Å². The maximum Gasteiger partial charge on any atom is 0.243 e. The SMILES string of the molecule is Cn1c(SCC(=O)Nc2ccc(S(=O)(=O)N3CCCCC3)cc2)nnc1-c1ccco1. The molecule has 0 atom stereocenters. The predicted molar refractivity (Wildman–Crippen MR) is 117 cm³/mol. The Balaban J connectivity index is 1.34. The van der Waals surface area contributed by atoms with Gasteiger partial charge in [0.2, 0.25) is 15.9 Å². The number of sulfonamides is 1. The number of nitrogens with zero attached hydrogens (tertiary/aromatic N) is 4. The highest BCUT2D eigenvalue weighted by Crippen LogP contribution is 2.24. The fourth-order valence-corrected chi connectivity index (χ4v) is 5.58. The van der Waals surface area contributed by atoms with Crippen LogP contribution in [0.1, 0.15) is 19.3 Å². The Hall–Kier alpha value is -2.63. The zero-order chi connectivity index (χ0) is 21.8. The lowest BCUT2D eigenvalue weighted by atomic mass is 10.2. The van der Waals surface area contributed by atoms with Gasteiger partial charge >= 0.3 is 0 Å². The lowest BCUT2D eigenvalue weighted by molar-refractivity contribution is -0.113. The van der Waals surface area contributed by atoms with Gasteiger partial charge in [0.05, 0.1) is 16.9 Å². The molecule has 0 aliphatic carbocycles. The molecule has 1 saturated heterocycles. The summed E-state index contributed by atoms with van der Waals surface area (Å²) in [6.07, 6.45) is 4.40. The number of aromatic nitrogens is 3. The highest BCUT2D eigenvalue weighted by Gasteiger charge is 2.25. The van der Waals surface area contributed by atoms with Gasteiger partial charge in [-0.1, -0.05) is 18.2 Å². The minimum absolute atomic E-state index is 0.137. The number of benzene rings is 1. The van der Waals surface area contributed by atoms with Crippen molar-refractivity contribution in [1.29, 1.82) is 0 Å². The topological polar surface area (TPSA) is 110 Å². The van der Waals surface area contributed by atoms with Crippen molar-refractivity contribution in [3.8, 4) is 11.6 Å². The van der Waals surface area contributed by atoms with E-state index in [1.165, 1.54) is 28.2 Å². The maximum absolute atomic E-state index is 12.7. The molecule has 1 aliphatic heterocycles. The van der Waals surface area contributed by atoms with Crippen molar-refractivity contribution in [3.63, 3.8) is 0 Å². The number of carbonyl (C=O) groups is 1. The Morgan fingerprint density at radius 3 is 2.55 bits per heavy atom.